The van der Waals surface area contributed by atoms with Crippen LogP contribution in [0, 0.1) is 12.8 Å². The number of nitrogens with zero attached hydrogens (tertiary/aromatic N) is 2. The number of halogens is 1. The van der Waals surface area contributed by atoms with Gasteiger partial charge >= 0.3 is 11.7 Å². The van der Waals surface area contributed by atoms with Gasteiger partial charge in [-0.1, -0.05) is 18.2 Å². The van der Waals surface area contributed by atoms with E-state index in [4.69, 9.17) is 0 Å². The van der Waals surface area contributed by atoms with Gasteiger partial charge in [-0.25, -0.2) is 9.18 Å². The second kappa shape index (κ2) is 6.86. The SMILES string of the molecule is COC(=O)[C@H](C)CC/C=C(/F)Cn1c(C)noc1=O. The Morgan fingerprint density at radius 1 is 1.63 bits per heavy atom. The molecule has 1 atom stereocenters. The number of carbonyl (C=O) groups is 1. The number of ether oxygens (including phenoxy) is 1. The number of rotatable bonds is 6. The zero-order valence-electron chi connectivity index (χ0n) is 11.2. The Bertz CT molecular complexity index is 518. The molecule has 0 radical (unpaired) electrons. The third-order valence-corrected chi connectivity index (χ3v) is 2.75. The van der Waals surface area contributed by atoms with Gasteiger partial charge in [0, 0.05) is 0 Å². The average molecular weight is 272 g/mol. The molecule has 0 unspecified atom stereocenters. The van der Waals surface area contributed by atoms with Gasteiger partial charge in [0.25, 0.3) is 0 Å². The van der Waals surface area contributed by atoms with Crippen molar-refractivity contribution in [2.45, 2.75) is 33.2 Å². The highest BCUT2D eigenvalue weighted by atomic mass is 19.1. The lowest BCUT2D eigenvalue weighted by Crippen LogP contribution is -2.16. The van der Waals surface area contributed by atoms with Crippen molar-refractivity contribution in [2.24, 2.45) is 5.92 Å². The molecule has 19 heavy (non-hydrogen) atoms. The van der Waals surface area contributed by atoms with E-state index in [1.807, 2.05) is 0 Å². The van der Waals surface area contributed by atoms with Crippen molar-refractivity contribution in [2.75, 3.05) is 7.11 Å². The van der Waals surface area contributed by atoms with Gasteiger partial charge in [0.1, 0.15) is 5.83 Å². The van der Waals surface area contributed by atoms with Gasteiger partial charge in [-0.3, -0.25) is 13.9 Å². The minimum Gasteiger partial charge on any atom is -0.469 e. The molecular weight excluding hydrogens is 255 g/mol. The summed E-state index contributed by atoms with van der Waals surface area (Å²) in [6.07, 6.45) is 2.22. The van der Waals surface area contributed by atoms with Crippen molar-refractivity contribution in [1.82, 2.24) is 9.72 Å². The molecule has 0 saturated carbocycles. The molecule has 1 aromatic rings. The van der Waals surface area contributed by atoms with E-state index in [0.29, 0.717) is 18.7 Å². The van der Waals surface area contributed by atoms with E-state index in [-0.39, 0.29) is 18.4 Å². The Balaban J connectivity index is 2.50. The first kappa shape index (κ1) is 15.1. The molecule has 0 fully saturated rings. The number of esters is 1. The van der Waals surface area contributed by atoms with Gasteiger partial charge in [0.2, 0.25) is 0 Å². The summed E-state index contributed by atoms with van der Waals surface area (Å²) in [4.78, 5) is 22.3. The number of methoxy groups -OCH3 is 1. The van der Waals surface area contributed by atoms with Gasteiger partial charge in [-0.05, 0) is 19.8 Å². The molecule has 6 nitrogen and oxygen atoms in total. The van der Waals surface area contributed by atoms with E-state index in [9.17, 15) is 14.0 Å². The molecule has 0 aliphatic rings. The van der Waals surface area contributed by atoms with Gasteiger partial charge in [-0.2, -0.15) is 0 Å². The molecule has 1 aromatic heterocycles. The van der Waals surface area contributed by atoms with Crippen LogP contribution >= 0.6 is 0 Å². The van der Waals surface area contributed by atoms with E-state index in [2.05, 4.69) is 14.4 Å². The monoisotopic (exact) mass is 272 g/mol. The van der Waals surface area contributed by atoms with Crippen LogP contribution in [0.5, 0.6) is 0 Å². The highest BCUT2D eigenvalue weighted by Gasteiger charge is 2.12. The first-order valence-electron chi connectivity index (χ1n) is 5.91. The molecule has 106 valence electrons. The summed E-state index contributed by atoms with van der Waals surface area (Å²) >= 11 is 0. The lowest BCUT2D eigenvalue weighted by molar-refractivity contribution is -0.145. The van der Waals surface area contributed by atoms with Gasteiger partial charge < -0.3 is 4.74 Å². The fourth-order valence-electron chi connectivity index (χ4n) is 1.54. The van der Waals surface area contributed by atoms with Crippen molar-refractivity contribution in [3.63, 3.8) is 0 Å². The van der Waals surface area contributed by atoms with Gasteiger partial charge in [-0.15, -0.1) is 0 Å². The molecular formula is C12H17FN2O4. The summed E-state index contributed by atoms with van der Waals surface area (Å²) in [6, 6.07) is 0. The smallest absolute Gasteiger partial charge is 0.441 e. The summed E-state index contributed by atoms with van der Waals surface area (Å²) < 4.78 is 23.6. The molecule has 0 bridgehead atoms. The first-order valence-corrected chi connectivity index (χ1v) is 5.91. The Labute approximate surface area is 109 Å². The molecule has 7 heteroatoms. The van der Waals surface area contributed by atoms with E-state index in [0.717, 1.165) is 4.57 Å². The summed E-state index contributed by atoms with van der Waals surface area (Å²) in [6.45, 7) is 3.06. The Morgan fingerprint density at radius 3 is 2.84 bits per heavy atom. The van der Waals surface area contributed by atoms with Gasteiger partial charge in [0.15, 0.2) is 5.82 Å². The minimum absolute atomic E-state index is 0.208. The predicted octanol–water partition coefficient (Wildman–Crippen LogP) is 1.59. The zero-order valence-corrected chi connectivity index (χ0v) is 11.2. The maximum atomic E-state index is 13.6. The molecule has 0 aliphatic heterocycles. The Hall–Kier alpha value is -1.92. The van der Waals surface area contributed by atoms with Crippen molar-refractivity contribution in [1.29, 1.82) is 0 Å². The highest BCUT2D eigenvalue weighted by molar-refractivity contribution is 5.71. The quantitative estimate of drug-likeness (QED) is 0.735. The third-order valence-electron chi connectivity index (χ3n) is 2.75. The Morgan fingerprint density at radius 2 is 2.32 bits per heavy atom. The van der Waals surface area contributed by atoms with Crippen molar-refractivity contribution in [3.8, 4) is 0 Å². The summed E-state index contributed by atoms with van der Waals surface area (Å²) in [5.74, 6) is -1.44. The number of aromatic nitrogens is 2. The molecule has 0 saturated heterocycles. The van der Waals surface area contributed by atoms with Crippen LogP contribution in [0.4, 0.5) is 4.39 Å². The molecule has 0 aromatic carbocycles. The van der Waals surface area contributed by atoms with Crippen LogP contribution in [0.3, 0.4) is 0 Å². The number of hydrogen-bond donors (Lipinski definition) is 0. The fourth-order valence-corrected chi connectivity index (χ4v) is 1.54. The molecule has 1 heterocycles. The number of carbonyl (C=O) groups excluding carboxylic acids is 1. The van der Waals surface area contributed by atoms with E-state index < -0.39 is 11.6 Å². The van der Waals surface area contributed by atoms with E-state index >= 15 is 0 Å². The van der Waals surface area contributed by atoms with Crippen LogP contribution in [-0.4, -0.2) is 22.8 Å². The predicted molar refractivity (Wildman–Crippen MR) is 65.1 cm³/mol. The standard InChI is InChI=1S/C12H17FN2O4/c1-8(11(16)18-3)5-4-6-10(13)7-15-9(2)14-19-12(15)17/h6,8H,4-5,7H2,1-3H3/b10-6+/t8-/m1/s1. The molecule has 0 spiro atoms. The summed E-state index contributed by atoms with van der Waals surface area (Å²) in [5, 5.41) is 3.43. The molecule has 1 rings (SSSR count). The average Bonchev–Trinajstić information content (AvgIpc) is 2.69. The second-order valence-corrected chi connectivity index (χ2v) is 4.23. The van der Waals surface area contributed by atoms with Crippen molar-refractivity contribution >= 4 is 5.97 Å². The Kier molecular flexibility index (Phi) is 5.47. The summed E-state index contributed by atoms with van der Waals surface area (Å²) in [7, 11) is 1.32. The topological polar surface area (TPSA) is 74.3 Å². The maximum Gasteiger partial charge on any atom is 0.441 e. The fraction of sp³-hybridized carbons (Fsp3) is 0.583. The van der Waals surface area contributed by atoms with E-state index in [1.165, 1.54) is 13.2 Å². The van der Waals surface area contributed by atoms with Crippen LogP contribution in [0.15, 0.2) is 21.2 Å². The summed E-state index contributed by atoms with van der Waals surface area (Å²) in [5.41, 5.74) is 0. The lowest BCUT2D eigenvalue weighted by atomic mass is 10.1. The second-order valence-electron chi connectivity index (χ2n) is 4.23. The molecule has 0 aliphatic carbocycles. The normalized spacial score (nSPS) is 13.4. The van der Waals surface area contributed by atoms with Crippen LogP contribution < -0.4 is 5.76 Å². The van der Waals surface area contributed by atoms with Crippen molar-refractivity contribution in [3.05, 3.63) is 28.3 Å². The largest absolute Gasteiger partial charge is 0.469 e. The van der Waals surface area contributed by atoms with Crippen LogP contribution in [0.25, 0.3) is 0 Å². The molecule has 0 N–H and O–H groups in total. The van der Waals surface area contributed by atoms with E-state index in [1.54, 1.807) is 13.8 Å². The van der Waals surface area contributed by atoms with Gasteiger partial charge in [0.05, 0.1) is 19.6 Å². The lowest BCUT2D eigenvalue weighted by Gasteiger charge is -2.06. The third kappa shape index (κ3) is 4.35. The number of aryl methyl sites for hydroxylation is 1. The van der Waals surface area contributed by atoms with Crippen molar-refractivity contribution < 1.29 is 18.4 Å². The molecule has 0 amide bonds. The number of allylic oxidation sites excluding steroid dienone is 2. The van der Waals surface area contributed by atoms with Crippen LogP contribution in [0.2, 0.25) is 0 Å². The first-order chi connectivity index (χ1) is 8.95. The zero-order chi connectivity index (χ0) is 14.4. The highest BCUT2D eigenvalue weighted by Crippen LogP contribution is 2.11. The van der Waals surface area contributed by atoms with Crippen LogP contribution in [0.1, 0.15) is 25.6 Å². The maximum absolute atomic E-state index is 13.6. The van der Waals surface area contributed by atoms with Crippen LogP contribution in [-0.2, 0) is 16.1 Å². The number of hydrogen-bond acceptors (Lipinski definition) is 5. The minimum atomic E-state index is -0.691.